The second-order valence-electron chi connectivity index (χ2n) is 7.25. The van der Waals surface area contributed by atoms with E-state index in [4.69, 9.17) is 9.15 Å². The van der Waals surface area contributed by atoms with E-state index in [9.17, 15) is 9.59 Å². The molecule has 31 heavy (non-hydrogen) atoms. The van der Waals surface area contributed by atoms with E-state index in [1.807, 2.05) is 30.3 Å². The van der Waals surface area contributed by atoms with Gasteiger partial charge in [0.2, 0.25) is 17.7 Å². The summed E-state index contributed by atoms with van der Waals surface area (Å²) in [7, 11) is 0. The molecule has 0 aliphatic carbocycles. The molecule has 1 aliphatic rings. The summed E-state index contributed by atoms with van der Waals surface area (Å²) >= 11 is 0. The number of amides is 2. The topological polar surface area (TPSA) is 96.7 Å². The molecule has 2 heterocycles. The predicted molar refractivity (Wildman–Crippen MR) is 117 cm³/mol. The smallest absolute Gasteiger partial charge is 0.238 e. The van der Waals surface area contributed by atoms with Gasteiger partial charge in [0.15, 0.2) is 0 Å². The van der Waals surface area contributed by atoms with E-state index in [2.05, 4.69) is 20.5 Å². The zero-order valence-corrected chi connectivity index (χ0v) is 17.0. The molecule has 0 saturated carbocycles. The number of rotatable bonds is 7. The van der Waals surface area contributed by atoms with Gasteiger partial charge in [0, 0.05) is 30.0 Å². The number of carbonyl (C=O) groups excluding carboxylic acids is 2. The third-order valence-electron chi connectivity index (χ3n) is 4.84. The molecule has 1 aliphatic heterocycles. The maximum absolute atomic E-state index is 12.3. The number of hydrogen-bond donors (Lipinski definition) is 2. The average Bonchev–Trinajstić information content (AvgIpc) is 3.25. The van der Waals surface area contributed by atoms with Gasteiger partial charge in [0.25, 0.3) is 0 Å². The Bertz CT molecular complexity index is 1010. The summed E-state index contributed by atoms with van der Waals surface area (Å²) in [5.74, 6) is 0.219. The van der Waals surface area contributed by atoms with Gasteiger partial charge in [-0.3, -0.25) is 14.5 Å². The standard InChI is InChI=1S/C23H24N4O4/c28-21(14-20-16-31-23(26-20)17-4-2-1-3-5-17)24-18-6-8-19(9-7-18)25-22(29)15-27-10-12-30-13-11-27/h1-9,16H,10-15H2,(H,24,28)(H,25,29). The van der Waals surface area contributed by atoms with Gasteiger partial charge in [-0.15, -0.1) is 0 Å². The normalized spacial score (nSPS) is 14.2. The van der Waals surface area contributed by atoms with Gasteiger partial charge in [-0.2, -0.15) is 0 Å². The largest absolute Gasteiger partial charge is 0.444 e. The Morgan fingerprint density at radius 2 is 1.55 bits per heavy atom. The maximum atomic E-state index is 12.3. The first kappa shape index (κ1) is 20.8. The Morgan fingerprint density at radius 1 is 0.903 bits per heavy atom. The quantitative estimate of drug-likeness (QED) is 0.610. The van der Waals surface area contributed by atoms with Crippen molar-refractivity contribution in [1.82, 2.24) is 9.88 Å². The van der Waals surface area contributed by atoms with Crippen LogP contribution in [-0.2, 0) is 20.7 Å². The second-order valence-corrected chi connectivity index (χ2v) is 7.25. The number of ether oxygens (including phenoxy) is 1. The number of benzene rings is 2. The van der Waals surface area contributed by atoms with Crippen molar-refractivity contribution >= 4 is 23.2 Å². The number of anilines is 2. The molecule has 2 N–H and O–H groups in total. The van der Waals surface area contributed by atoms with E-state index in [1.165, 1.54) is 6.26 Å². The van der Waals surface area contributed by atoms with Crippen molar-refractivity contribution in [3.8, 4) is 11.5 Å². The third kappa shape index (κ3) is 6.00. The van der Waals surface area contributed by atoms with E-state index < -0.39 is 0 Å². The fourth-order valence-electron chi connectivity index (χ4n) is 3.27. The Hall–Kier alpha value is -3.49. The summed E-state index contributed by atoms with van der Waals surface area (Å²) in [6.07, 6.45) is 1.60. The molecule has 160 valence electrons. The second kappa shape index (κ2) is 10.0. The highest BCUT2D eigenvalue weighted by atomic mass is 16.5. The van der Waals surface area contributed by atoms with Crippen molar-refractivity contribution in [3.63, 3.8) is 0 Å². The molecule has 2 aromatic carbocycles. The fraction of sp³-hybridized carbons (Fsp3) is 0.261. The Balaban J connectivity index is 1.26. The van der Waals surface area contributed by atoms with Gasteiger partial charge in [0.1, 0.15) is 6.26 Å². The van der Waals surface area contributed by atoms with Gasteiger partial charge < -0.3 is 19.8 Å². The van der Waals surface area contributed by atoms with Gasteiger partial charge >= 0.3 is 0 Å². The number of carbonyl (C=O) groups is 2. The monoisotopic (exact) mass is 420 g/mol. The number of aromatic nitrogens is 1. The first-order chi connectivity index (χ1) is 15.2. The van der Waals surface area contributed by atoms with Crippen molar-refractivity contribution in [2.75, 3.05) is 43.5 Å². The Labute approximate surface area is 180 Å². The van der Waals surface area contributed by atoms with E-state index in [1.54, 1.807) is 24.3 Å². The SMILES string of the molecule is O=C(Cc1coc(-c2ccccc2)n1)Nc1ccc(NC(=O)CN2CCOCC2)cc1. The lowest BCUT2D eigenvalue weighted by atomic mass is 10.2. The van der Waals surface area contributed by atoms with Gasteiger partial charge in [0.05, 0.1) is 31.9 Å². The van der Waals surface area contributed by atoms with Crippen molar-refractivity contribution in [2.45, 2.75) is 6.42 Å². The molecule has 0 unspecified atom stereocenters. The Morgan fingerprint density at radius 3 is 2.23 bits per heavy atom. The lowest BCUT2D eigenvalue weighted by Crippen LogP contribution is -2.41. The van der Waals surface area contributed by atoms with E-state index in [0.717, 1.165) is 18.7 Å². The summed E-state index contributed by atoms with van der Waals surface area (Å²) in [4.78, 5) is 30.9. The lowest BCUT2D eigenvalue weighted by molar-refractivity contribution is -0.118. The van der Waals surface area contributed by atoms with Crippen molar-refractivity contribution < 1.29 is 18.7 Å². The summed E-state index contributed by atoms with van der Waals surface area (Å²) < 4.78 is 10.8. The zero-order valence-electron chi connectivity index (χ0n) is 17.0. The van der Waals surface area contributed by atoms with Crippen LogP contribution < -0.4 is 10.6 Å². The predicted octanol–water partition coefficient (Wildman–Crippen LogP) is 2.79. The number of oxazole rings is 1. The summed E-state index contributed by atoms with van der Waals surface area (Å²) in [5, 5.41) is 5.70. The summed E-state index contributed by atoms with van der Waals surface area (Å²) in [5.41, 5.74) is 2.74. The molecular formula is C23H24N4O4. The van der Waals surface area contributed by atoms with Crippen molar-refractivity contribution in [3.05, 3.63) is 66.6 Å². The molecule has 0 radical (unpaired) electrons. The van der Waals surface area contributed by atoms with Crippen LogP contribution in [0.2, 0.25) is 0 Å². The first-order valence-corrected chi connectivity index (χ1v) is 10.2. The van der Waals surface area contributed by atoms with Gasteiger partial charge in [-0.05, 0) is 36.4 Å². The van der Waals surface area contributed by atoms with Gasteiger partial charge in [-0.1, -0.05) is 18.2 Å². The molecule has 3 aromatic rings. The van der Waals surface area contributed by atoms with E-state index >= 15 is 0 Å². The summed E-state index contributed by atoms with van der Waals surface area (Å²) in [6.45, 7) is 3.17. The number of nitrogens with one attached hydrogen (secondary N) is 2. The van der Waals surface area contributed by atoms with E-state index in [-0.39, 0.29) is 18.2 Å². The molecule has 1 aromatic heterocycles. The van der Waals surface area contributed by atoms with Crippen LogP contribution >= 0.6 is 0 Å². The highest BCUT2D eigenvalue weighted by Gasteiger charge is 2.14. The average molecular weight is 420 g/mol. The first-order valence-electron chi connectivity index (χ1n) is 10.2. The molecule has 2 amide bonds. The molecule has 8 nitrogen and oxygen atoms in total. The lowest BCUT2D eigenvalue weighted by Gasteiger charge is -2.25. The molecule has 0 spiro atoms. The molecular weight excluding hydrogens is 396 g/mol. The van der Waals surface area contributed by atoms with Crippen LogP contribution in [0.5, 0.6) is 0 Å². The minimum atomic E-state index is -0.197. The highest BCUT2D eigenvalue weighted by Crippen LogP contribution is 2.19. The summed E-state index contributed by atoms with van der Waals surface area (Å²) in [6, 6.07) is 16.5. The van der Waals surface area contributed by atoms with Crippen LogP contribution in [-0.4, -0.2) is 54.5 Å². The van der Waals surface area contributed by atoms with Crippen LogP contribution in [0.4, 0.5) is 11.4 Å². The molecule has 0 bridgehead atoms. The number of nitrogens with zero attached hydrogens (tertiary/aromatic N) is 2. The zero-order chi connectivity index (χ0) is 21.5. The van der Waals surface area contributed by atoms with Crippen molar-refractivity contribution in [2.24, 2.45) is 0 Å². The van der Waals surface area contributed by atoms with Crippen LogP contribution in [0.15, 0.2) is 65.3 Å². The van der Waals surface area contributed by atoms with Crippen molar-refractivity contribution in [1.29, 1.82) is 0 Å². The molecule has 1 fully saturated rings. The third-order valence-corrected chi connectivity index (χ3v) is 4.84. The van der Waals surface area contributed by atoms with Crippen LogP contribution in [0.1, 0.15) is 5.69 Å². The van der Waals surface area contributed by atoms with E-state index in [0.29, 0.717) is 42.7 Å². The fourth-order valence-corrected chi connectivity index (χ4v) is 3.27. The molecule has 1 saturated heterocycles. The minimum absolute atomic E-state index is 0.0704. The molecule has 0 atom stereocenters. The van der Waals surface area contributed by atoms with Gasteiger partial charge in [-0.25, -0.2) is 4.98 Å². The maximum Gasteiger partial charge on any atom is 0.238 e. The number of morpholine rings is 1. The minimum Gasteiger partial charge on any atom is -0.444 e. The van der Waals surface area contributed by atoms with Crippen LogP contribution in [0.3, 0.4) is 0 Å². The Kier molecular flexibility index (Phi) is 6.71. The van der Waals surface area contributed by atoms with Crippen LogP contribution in [0.25, 0.3) is 11.5 Å². The molecule has 4 rings (SSSR count). The van der Waals surface area contributed by atoms with Crippen LogP contribution in [0, 0.1) is 0 Å². The number of hydrogen-bond acceptors (Lipinski definition) is 6. The highest BCUT2D eigenvalue weighted by molar-refractivity contribution is 5.94. The molecule has 8 heteroatoms.